The molecule has 1 fully saturated rings. The maximum Gasteiger partial charge on any atom is 0.277 e. The Balaban J connectivity index is 1.53. The minimum absolute atomic E-state index is 0.115. The number of thioether (sulfide) groups is 1. The van der Waals surface area contributed by atoms with Crippen molar-refractivity contribution < 1.29 is 14.0 Å². The van der Waals surface area contributed by atoms with Gasteiger partial charge in [-0.1, -0.05) is 33.8 Å². The van der Waals surface area contributed by atoms with E-state index in [0.717, 1.165) is 34.6 Å². The van der Waals surface area contributed by atoms with Crippen molar-refractivity contribution in [3.8, 4) is 11.5 Å². The number of rotatable bonds is 5. The SMILES string of the molecule is O=C(CSc1nnc(-c2cccc(Br)c2)o1)N[C@H]1CCCCNC1=O. The first kappa shape index (κ1) is 17.9. The van der Waals surface area contributed by atoms with E-state index in [2.05, 4.69) is 36.8 Å². The number of amides is 2. The van der Waals surface area contributed by atoms with Gasteiger partial charge in [0.1, 0.15) is 6.04 Å². The van der Waals surface area contributed by atoms with Gasteiger partial charge in [0.15, 0.2) is 0 Å². The predicted molar refractivity (Wildman–Crippen MR) is 96.9 cm³/mol. The lowest BCUT2D eigenvalue weighted by Crippen LogP contribution is -2.46. The molecule has 1 aromatic carbocycles. The highest BCUT2D eigenvalue weighted by atomic mass is 79.9. The molecule has 0 bridgehead atoms. The monoisotopic (exact) mass is 424 g/mol. The van der Waals surface area contributed by atoms with Crippen molar-refractivity contribution in [3.63, 3.8) is 0 Å². The number of hydrogen-bond acceptors (Lipinski definition) is 6. The number of carbonyl (C=O) groups is 2. The lowest BCUT2D eigenvalue weighted by Gasteiger charge is -2.14. The Morgan fingerprint density at radius 3 is 3.12 bits per heavy atom. The molecule has 1 saturated heterocycles. The summed E-state index contributed by atoms with van der Waals surface area (Å²) in [7, 11) is 0. The lowest BCUT2D eigenvalue weighted by molar-refractivity contribution is -0.127. The molecule has 9 heteroatoms. The van der Waals surface area contributed by atoms with Crippen molar-refractivity contribution >= 4 is 39.5 Å². The summed E-state index contributed by atoms with van der Waals surface area (Å²) in [6.07, 6.45) is 2.51. The summed E-state index contributed by atoms with van der Waals surface area (Å²) < 4.78 is 6.48. The highest BCUT2D eigenvalue weighted by Crippen LogP contribution is 2.25. The lowest BCUT2D eigenvalue weighted by atomic mass is 10.1. The third-order valence-corrected chi connectivity index (χ3v) is 4.99. The van der Waals surface area contributed by atoms with Gasteiger partial charge in [-0.05, 0) is 37.5 Å². The normalized spacial score (nSPS) is 17.6. The summed E-state index contributed by atoms with van der Waals surface area (Å²) in [5.74, 6) is 0.163. The zero-order chi connectivity index (χ0) is 17.6. The fourth-order valence-corrected chi connectivity index (χ4v) is 3.42. The fourth-order valence-electron chi connectivity index (χ4n) is 2.45. The van der Waals surface area contributed by atoms with Gasteiger partial charge in [0, 0.05) is 16.6 Å². The zero-order valence-electron chi connectivity index (χ0n) is 13.3. The number of benzene rings is 1. The third kappa shape index (κ3) is 5.05. The Morgan fingerprint density at radius 2 is 2.28 bits per heavy atom. The first-order valence-electron chi connectivity index (χ1n) is 7.91. The Bertz CT molecular complexity index is 767. The minimum atomic E-state index is -0.462. The van der Waals surface area contributed by atoms with Crippen LogP contribution in [0.5, 0.6) is 0 Å². The van der Waals surface area contributed by atoms with Gasteiger partial charge in [0.25, 0.3) is 5.22 Å². The molecule has 2 N–H and O–H groups in total. The van der Waals surface area contributed by atoms with Gasteiger partial charge in [0.2, 0.25) is 17.7 Å². The van der Waals surface area contributed by atoms with E-state index >= 15 is 0 Å². The maximum absolute atomic E-state index is 12.1. The van der Waals surface area contributed by atoms with Crippen molar-refractivity contribution in [2.45, 2.75) is 30.5 Å². The molecule has 1 aromatic heterocycles. The van der Waals surface area contributed by atoms with Gasteiger partial charge >= 0.3 is 0 Å². The summed E-state index contributed by atoms with van der Waals surface area (Å²) in [5, 5.41) is 13.8. The number of carbonyl (C=O) groups excluding carboxylic acids is 2. The Morgan fingerprint density at radius 1 is 1.40 bits per heavy atom. The Kier molecular flexibility index (Phi) is 6.09. The van der Waals surface area contributed by atoms with E-state index in [9.17, 15) is 9.59 Å². The number of halogens is 1. The first-order chi connectivity index (χ1) is 12.1. The van der Waals surface area contributed by atoms with Crippen LogP contribution in [-0.2, 0) is 9.59 Å². The second kappa shape index (κ2) is 8.48. The van der Waals surface area contributed by atoms with Crippen LogP contribution in [0.1, 0.15) is 19.3 Å². The molecular weight excluding hydrogens is 408 g/mol. The second-order valence-electron chi connectivity index (χ2n) is 5.58. The van der Waals surface area contributed by atoms with Crippen molar-refractivity contribution in [3.05, 3.63) is 28.7 Å². The van der Waals surface area contributed by atoms with E-state index < -0.39 is 6.04 Å². The summed E-state index contributed by atoms with van der Waals surface area (Å²) in [5.41, 5.74) is 0.799. The summed E-state index contributed by atoms with van der Waals surface area (Å²) in [6.45, 7) is 0.667. The Hall–Kier alpha value is -1.87. The molecule has 0 saturated carbocycles. The first-order valence-corrected chi connectivity index (χ1v) is 9.69. The highest BCUT2D eigenvalue weighted by Gasteiger charge is 2.22. The molecule has 25 heavy (non-hydrogen) atoms. The molecule has 0 aliphatic carbocycles. The van der Waals surface area contributed by atoms with Crippen LogP contribution < -0.4 is 10.6 Å². The van der Waals surface area contributed by atoms with Gasteiger partial charge in [0.05, 0.1) is 5.75 Å². The van der Waals surface area contributed by atoms with Crippen LogP contribution in [0.15, 0.2) is 38.4 Å². The maximum atomic E-state index is 12.1. The van der Waals surface area contributed by atoms with Gasteiger partial charge in [-0.25, -0.2) is 0 Å². The largest absolute Gasteiger partial charge is 0.411 e. The summed E-state index contributed by atoms with van der Waals surface area (Å²) in [6, 6.07) is 7.06. The van der Waals surface area contributed by atoms with Crippen molar-refractivity contribution in [1.82, 2.24) is 20.8 Å². The molecule has 2 amide bonds. The molecule has 0 spiro atoms. The molecule has 3 rings (SSSR count). The van der Waals surface area contributed by atoms with Gasteiger partial charge < -0.3 is 15.1 Å². The van der Waals surface area contributed by atoms with Crippen LogP contribution >= 0.6 is 27.7 Å². The number of nitrogens with one attached hydrogen (secondary N) is 2. The van der Waals surface area contributed by atoms with Crippen molar-refractivity contribution in [1.29, 1.82) is 0 Å². The fraction of sp³-hybridized carbons (Fsp3) is 0.375. The average molecular weight is 425 g/mol. The van der Waals surface area contributed by atoms with Crippen LogP contribution in [0.2, 0.25) is 0 Å². The topological polar surface area (TPSA) is 97.1 Å². The zero-order valence-corrected chi connectivity index (χ0v) is 15.7. The van der Waals surface area contributed by atoms with E-state index in [4.69, 9.17) is 4.42 Å². The van der Waals surface area contributed by atoms with E-state index in [1.54, 1.807) is 0 Å². The van der Waals surface area contributed by atoms with E-state index in [0.29, 0.717) is 24.1 Å². The van der Waals surface area contributed by atoms with Crippen LogP contribution in [-0.4, -0.2) is 40.4 Å². The molecule has 0 radical (unpaired) electrons. The van der Waals surface area contributed by atoms with Gasteiger partial charge in [-0.15, -0.1) is 10.2 Å². The van der Waals surface area contributed by atoms with E-state index in [1.807, 2.05) is 24.3 Å². The van der Waals surface area contributed by atoms with E-state index in [-0.39, 0.29) is 17.6 Å². The predicted octanol–water partition coefficient (Wildman–Crippen LogP) is 2.38. The van der Waals surface area contributed by atoms with E-state index in [1.165, 1.54) is 0 Å². The highest BCUT2D eigenvalue weighted by molar-refractivity contribution is 9.10. The summed E-state index contributed by atoms with van der Waals surface area (Å²) in [4.78, 5) is 23.9. The van der Waals surface area contributed by atoms with Crippen LogP contribution in [0.25, 0.3) is 11.5 Å². The molecule has 7 nitrogen and oxygen atoms in total. The second-order valence-corrected chi connectivity index (χ2v) is 7.42. The third-order valence-electron chi connectivity index (χ3n) is 3.68. The van der Waals surface area contributed by atoms with Gasteiger partial charge in [-0.3, -0.25) is 9.59 Å². The van der Waals surface area contributed by atoms with Crippen molar-refractivity contribution in [2.24, 2.45) is 0 Å². The molecule has 2 heterocycles. The average Bonchev–Trinajstić information content (AvgIpc) is 2.99. The number of aromatic nitrogens is 2. The number of nitrogens with zero attached hydrogens (tertiary/aromatic N) is 2. The van der Waals surface area contributed by atoms with Gasteiger partial charge in [-0.2, -0.15) is 0 Å². The molecular formula is C16H17BrN4O3S. The van der Waals surface area contributed by atoms with Crippen LogP contribution in [0.3, 0.4) is 0 Å². The molecule has 132 valence electrons. The minimum Gasteiger partial charge on any atom is -0.411 e. The quantitative estimate of drug-likeness (QED) is 0.715. The standard InChI is InChI=1S/C16H17BrN4O3S/c17-11-5-3-4-10(8-11)15-20-21-16(24-15)25-9-13(22)19-12-6-1-2-7-18-14(12)23/h3-5,8,12H,1-2,6-7,9H2,(H,18,23)(H,19,22)/t12-/m0/s1. The van der Waals surface area contributed by atoms with Crippen LogP contribution in [0, 0.1) is 0 Å². The molecule has 0 unspecified atom stereocenters. The Labute approximate surface area is 157 Å². The smallest absolute Gasteiger partial charge is 0.277 e. The number of hydrogen-bond donors (Lipinski definition) is 2. The summed E-state index contributed by atoms with van der Waals surface area (Å²) >= 11 is 4.54. The molecule has 2 aromatic rings. The molecule has 1 atom stereocenters. The molecule has 1 aliphatic rings. The van der Waals surface area contributed by atoms with Crippen molar-refractivity contribution in [2.75, 3.05) is 12.3 Å². The molecule has 1 aliphatic heterocycles. The van der Waals surface area contributed by atoms with Crippen LogP contribution in [0.4, 0.5) is 0 Å².